The number of carbonyl (C=O) groups is 1. The molecule has 0 radical (unpaired) electrons. The molecule has 0 bridgehead atoms. The van der Waals surface area contributed by atoms with Crippen molar-refractivity contribution in [3.05, 3.63) is 59.1 Å². The highest BCUT2D eigenvalue weighted by Crippen LogP contribution is 2.20. The van der Waals surface area contributed by atoms with Gasteiger partial charge in [-0.15, -0.1) is 0 Å². The molecule has 158 valence electrons. The van der Waals surface area contributed by atoms with Crippen molar-refractivity contribution in [2.75, 3.05) is 23.7 Å². The van der Waals surface area contributed by atoms with Crippen LogP contribution in [-0.4, -0.2) is 39.8 Å². The molecule has 8 heteroatoms. The molecule has 2 rings (SSSR count). The zero-order chi connectivity index (χ0) is 21.4. The summed E-state index contributed by atoms with van der Waals surface area (Å²) in [5.74, 6) is 0.468. The van der Waals surface area contributed by atoms with Gasteiger partial charge in [0.25, 0.3) is 0 Å². The van der Waals surface area contributed by atoms with E-state index in [4.69, 9.17) is 16.3 Å². The lowest BCUT2D eigenvalue weighted by Crippen LogP contribution is -2.40. The Morgan fingerprint density at radius 3 is 2.48 bits per heavy atom. The summed E-state index contributed by atoms with van der Waals surface area (Å²) in [5, 5.41) is 3.28. The van der Waals surface area contributed by atoms with Crippen LogP contribution in [-0.2, 0) is 21.2 Å². The van der Waals surface area contributed by atoms with E-state index in [9.17, 15) is 13.2 Å². The monoisotopic (exact) mass is 438 g/mol. The average molecular weight is 439 g/mol. The summed E-state index contributed by atoms with van der Waals surface area (Å²) in [6, 6.07) is 14.2. The molecule has 0 aromatic heterocycles. The van der Waals surface area contributed by atoms with Crippen LogP contribution < -0.4 is 14.4 Å². The van der Waals surface area contributed by atoms with Gasteiger partial charge in [0.1, 0.15) is 12.3 Å². The molecule has 0 aliphatic carbocycles. The van der Waals surface area contributed by atoms with Crippen molar-refractivity contribution >= 4 is 33.2 Å². The number of ether oxygens (including phenoxy) is 1. The number of hydrogen-bond donors (Lipinski definition) is 1. The fourth-order valence-electron chi connectivity index (χ4n) is 2.76. The standard InChI is InChI=1S/C21H27ClN2O4S/c1-16(2)28-20-8-4-6-17(14-20)7-5-13-23-21(25)15-24(29(3,26)27)19-11-9-18(22)10-12-19/h4,6,8-12,14,16H,5,7,13,15H2,1-3H3,(H,23,25). The van der Waals surface area contributed by atoms with E-state index in [1.807, 2.05) is 38.1 Å². The Morgan fingerprint density at radius 1 is 1.17 bits per heavy atom. The Hall–Kier alpha value is -2.25. The van der Waals surface area contributed by atoms with Gasteiger partial charge in [-0.3, -0.25) is 9.10 Å². The summed E-state index contributed by atoms with van der Waals surface area (Å²) in [7, 11) is -3.60. The Labute approximate surface area is 177 Å². The molecule has 1 amide bonds. The van der Waals surface area contributed by atoms with E-state index in [1.165, 1.54) is 0 Å². The maximum atomic E-state index is 12.3. The molecule has 29 heavy (non-hydrogen) atoms. The van der Waals surface area contributed by atoms with E-state index in [-0.39, 0.29) is 18.6 Å². The summed E-state index contributed by atoms with van der Waals surface area (Å²) >= 11 is 5.85. The number of sulfonamides is 1. The van der Waals surface area contributed by atoms with Gasteiger partial charge in [0, 0.05) is 11.6 Å². The van der Waals surface area contributed by atoms with Gasteiger partial charge >= 0.3 is 0 Å². The molecular formula is C21H27ClN2O4S. The van der Waals surface area contributed by atoms with E-state index in [2.05, 4.69) is 5.32 Å². The Balaban J connectivity index is 1.86. The zero-order valence-corrected chi connectivity index (χ0v) is 18.5. The lowest BCUT2D eigenvalue weighted by Gasteiger charge is -2.22. The van der Waals surface area contributed by atoms with E-state index < -0.39 is 10.0 Å². The van der Waals surface area contributed by atoms with Gasteiger partial charge in [-0.05, 0) is 68.7 Å². The van der Waals surface area contributed by atoms with E-state index in [0.29, 0.717) is 17.3 Å². The molecule has 2 aromatic carbocycles. The van der Waals surface area contributed by atoms with Crippen molar-refractivity contribution in [2.24, 2.45) is 0 Å². The fraction of sp³-hybridized carbons (Fsp3) is 0.381. The second-order valence-electron chi connectivity index (χ2n) is 7.01. The predicted molar refractivity (Wildman–Crippen MR) is 117 cm³/mol. The van der Waals surface area contributed by atoms with Crippen LogP contribution in [0.15, 0.2) is 48.5 Å². The molecule has 0 fully saturated rings. The summed E-state index contributed by atoms with van der Waals surface area (Å²) in [6.07, 6.45) is 2.70. The van der Waals surface area contributed by atoms with Crippen LogP contribution in [0.1, 0.15) is 25.8 Å². The summed E-state index contributed by atoms with van der Waals surface area (Å²) in [6.45, 7) is 4.13. The topological polar surface area (TPSA) is 75.7 Å². The van der Waals surface area contributed by atoms with Crippen molar-refractivity contribution in [1.82, 2.24) is 5.32 Å². The van der Waals surface area contributed by atoms with Crippen molar-refractivity contribution in [3.63, 3.8) is 0 Å². The number of anilines is 1. The summed E-state index contributed by atoms with van der Waals surface area (Å²) in [5.41, 5.74) is 1.52. The number of hydrogen-bond acceptors (Lipinski definition) is 4. The van der Waals surface area contributed by atoms with E-state index in [1.54, 1.807) is 24.3 Å². The average Bonchev–Trinajstić information content (AvgIpc) is 2.63. The molecule has 0 heterocycles. The molecular weight excluding hydrogens is 412 g/mol. The third-order valence-electron chi connectivity index (χ3n) is 4.04. The molecule has 0 atom stereocenters. The molecule has 0 aliphatic heterocycles. The van der Waals surface area contributed by atoms with Crippen molar-refractivity contribution in [3.8, 4) is 5.75 Å². The minimum absolute atomic E-state index is 0.114. The molecule has 0 saturated carbocycles. The SMILES string of the molecule is CC(C)Oc1cccc(CCCNC(=O)CN(c2ccc(Cl)cc2)S(C)(=O)=O)c1. The van der Waals surface area contributed by atoms with Gasteiger partial charge in [-0.2, -0.15) is 0 Å². The third kappa shape index (κ3) is 7.95. The Kier molecular flexibility index (Phi) is 8.34. The molecule has 0 aliphatic rings. The fourth-order valence-corrected chi connectivity index (χ4v) is 3.74. The van der Waals surface area contributed by atoms with Gasteiger partial charge in [0.05, 0.1) is 18.0 Å². The van der Waals surface area contributed by atoms with Crippen LogP contribution in [0.4, 0.5) is 5.69 Å². The van der Waals surface area contributed by atoms with Gasteiger partial charge in [-0.25, -0.2) is 8.42 Å². The highest BCUT2D eigenvalue weighted by molar-refractivity contribution is 7.92. The van der Waals surface area contributed by atoms with Crippen molar-refractivity contribution < 1.29 is 17.9 Å². The molecule has 0 spiro atoms. The van der Waals surface area contributed by atoms with Gasteiger partial charge < -0.3 is 10.1 Å². The Bertz CT molecular complexity index is 915. The zero-order valence-electron chi connectivity index (χ0n) is 16.9. The molecule has 0 unspecified atom stereocenters. The number of benzene rings is 2. The number of halogens is 1. The summed E-state index contributed by atoms with van der Waals surface area (Å²) < 4.78 is 30.9. The van der Waals surface area contributed by atoms with Gasteiger partial charge in [-0.1, -0.05) is 23.7 Å². The maximum Gasteiger partial charge on any atom is 0.240 e. The van der Waals surface area contributed by atoms with Crippen LogP contribution in [0.2, 0.25) is 5.02 Å². The lowest BCUT2D eigenvalue weighted by molar-refractivity contribution is -0.119. The smallest absolute Gasteiger partial charge is 0.240 e. The Morgan fingerprint density at radius 2 is 1.86 bits per heavy atom. The number of amides is 1. The number of nitrogens with one attached hydrogen (secondary N) is 1. The molecule has 1 N–H and O–H groups in total. The maximum absolute atomic E-state index is 12.3. The number of rotatable bonds is 10. The summed E-state index contributed by atoms with van der Waals surface area (Å²) in [4.78, 5) is 12.3. The van der Waals surface area contributed by atoms with Crippen LogP contribution in [0.3, 0.4) is 0 Å². The minimum atomic E-state index is -3.60. The van der Waals surface area contributed by atoms with Crippen LogP contribution in [0.5, 0.6) is 5.75 Å². The first kappa shape index (κ1) is 23.0. The molecule has 0 saturated heterocycles. The largest absolute Gasteiger partial charge is 0.491 e. The quantitative estimate of drug-likeness (QED) is 0.574. The third-order valence-corrected chi connectivity index (χ3v) is 5.43. The van der Waals surface area contributed by atoms with Crippen molar-refractivity contribution in [1.29, 1.82) is 0 Å². The minimum Gasteiger partial charge on any atom is -0.491 e. The highest BCUT2D eigenvalue weighted by atomic mass is 35.5. The number of carbonyl (C=O) groups excluding carboxylic acids is 1. The second kappa shape index (κ2) is 10.5. The van der Waals surface area contributed by atoms with E-state index >= 15 is 0 Å². The predicted octanol–water partition coefficient (Wildman–Crippen LogP) is 3.64. The first-order valence-electron chi connectivity index (χ1n) is 9.41. The van der Waals surface area contributed by atoms with Gasteiger partial charge in [0.2, 0.25) is 15.9 Å². The van der Waals surface area contributed by atoms with Crippen LogP contribution in [0.25, 0.3) is 0 Å². The molecule has 2 aromatic rings. The highest BCUT2D eigenvalue weighted by Gasteiger charge is 2.20. The second-order valence-corrected chi connectivity index (χ2v) is 9.36. The van der Waals surface area contributed by atoms with Crippen LogP contribution in [0, 0.1) is 0 Å². The van der Waals surface area contributed by atoms with Gasteiger partial charge in [0.15, 0.2) is 0 Å². The first-order valence-corrected chi connectivity index (χ1v) is 11.6. The molecule has 6 nitrogen and oxygen atoms in total. The normalized spacial score (nSPS) is 11.3. The number of aryl methyl sites for hydroxylation is 1. The van der Waals surface area contributed by atoms with Crippen molar-refractivity contribution in [2.45, 2.75) is 32.8 Å². The van der Waals surface area contributed by atoms with E-state index in [0.717, 1.165) is 34.7 Å². The van der Waals surface area contributed by atoms with Crippen LogP contribution >= 0.6 is 11.6 Å². The lowest BCUT2D eigenvalue weighted by atomic mass is 10.1. The number of nitrogens with zero attached hydrogens (tertiary/aromatic N) is 1. The first-order chi connectivity index (χ1) is 13.6.